The van der Waals surface area contributed by atoms with Crippen LogP contribution in [0.4, 0.5) is 5.82 Å². The fourth-order valence-corrected chi connectivity index (χ4v) is 3.51. The topological polar surface area (TPSA) is 50.9 Å². The van der Waals surface area contributed by atoms with E-state index in [0.29, 0.717) is 17.5 Å². The second-order valence-corrected chi connectivity index (χ2v) is 6.59. The van der Waals surface area contributed by atoms with Gasteiger partial charge in [0.25, 0.3) is 0 Å². The molecule has 1 fully saturated rings. The fourth-order valence-electron chi connectivity index (χ4n) is 2.77. The highest BCUT2D eigenvalue weighted by Crippen LogP contribution is 2.35. The SMILES string of the molecule is CC1CCCC(CN)(Nc2ncc(Cl)cc2Br)C1. The lowest BCUT2D eigenvalue weighted by Crippen LogP contribution is -2.49. The Kier molecular flexibility index (Phi) is 4.51. The van der Waals surface area contributed by atoms with Crippen molar-refractivity contribution < 1.29 is 0 Å². The van der Waals surface area contributed by atoms with Gasteiger partial charge in [0.05, 0.1) is 15.0 Å². The van der Waals surface area contributed by atoms with Crippen LogP contribution in [0, 0.1) is 5.92 Å². The quantitative estimate of drug-likeness (QED) is 0.884. The molecule has 0 aromatic carbocycles. The van der Waals surface area contributed by atoms with Crippen LogP contribution in [0.1, 0.15) is 32.6 Å². The van der Waals surface area contributed by atoms with E-state index in [1.807, 2.05) is 6.07 Å². The Morgan fingerprint density at radius 2 is 2.44 bits per heavy atom. The fraction of sp³-hybridized carbons (Fsp3) is 0.615. The number of halogens is 2. The molecule has 0 bridgehead atoms. The standard InChI is InChI=1S/C13H19BrClN3/c1-9-3-2-4-13(6-9,8-16)18-12-11(14)5-10(15)7-17-12/h5,7,9H,2-4,6,8,16H2,1H3,(H,17,18). The van der Waals surface area contributed by atoms with Crippen molar-refractivity contribution in [1.29, 1.82) is 0 Å². The molecular weight excluding hydrogens is 314 g/mol. The van der Waals surface area contributed by atoms with E-state index >= 15 is 0 Å². The molecular formula is C13H19BrClN3. The van der Waals surface area contributed by atoms with Crippen molar-refractivity contribution in [3.63, 3.8) is 0 Å². The molecule has 1 aromatic rings. The number of nitrogens with two attached hydrogens (primary N) is 1. The molecule has 2 unspecified atom stereocenters. The van der Waals surface area contributed by atoms with Gasteiger partial charge in [0, 0.05) is 12.7 Å². The Labute approximate surface area is 122 Å². The van der Waals surface area contributed by atoms with Crippen molar-refractivity contribution in [2.24, 2.45) is 11.7 Å². The lowest BCUT2D eigenvalue weighted by molar-refractivity contribution is 0.263. The zero-order valence-corrected chi connectivity index (χ0v) is 12.9. The third-order valence-corrected chi connectivity index (χ3v) is 4.48. The summed E-state index contributed by atoms with van der Waals surface area (Å²) in [5, 5.41) is 4.16. The number of pyridine rings is 1. The molecule has 2 atom stereocenters. The zero-order chi connectivity index (χ0) is 13.2. The van der Waals surface area contributed by atoms with Crippen molar-refractivity contribution in [3.8, 4) is 0 Å². The van der Waals surface area contributed by atoms with Crippen molar-refractivity contribution in [3.05, 3.63) is 21.8 Å². The van der Waals surface area contributed by atoms with Crippen molar-refractivity contribution >= 4 is 33.3 Å². The minimum absolute atomic E-state index is 0.0268. The van der Waals surface area contributed by atoms with Gasteiger partial charge in [0.2, 0.25) is 0 Å². The number of hydrogen-bond acceptors (Lipinski definition) is 3. The number of aromatic nitrogens is 1. The molecule has 3 nitrogen and oxygen atoms in total. The average molecular weight is 333 g/mol. The zero-order valence-electron chi connectivity index (χ0n) is 10.5. The largest absolute Gasteiger partial charge is 0.362 e. The van der Waals surface area contributed by atoms with E-state index in [9.17, 15) is 0 Å². The Bertz CT molecular complexity index is 427. The molecule has 3 N–H and O–H groups in total. The highest BCUT2D eigenvalue weighted by atomic mass is 79.9. The van der Waals surface area contributed by atoms with Crippen molar-refractivity contribution in [2.75, 3.05) is 11.9 Å². The monoisotopic (exact) mass is 331 g/mol. The van der Waals surface area contributed by atoms with Gasteiger partial charge in [0.15, 0.2) is 0 Å². The third kappa shape index (κ3) is 3.16. The van der Waals surface area contributed by atoms with Gasteiger partial charge in [-0.15, -0.1) is 0 Å². The smallest absolute Gasteiger partial charge is 0.140 e. The Morgan fingerprint density at radius 3 is 3.06 bits per heavy atom. The second-order valence-electron chi connectivity index (χ2n) is 5.29. The maximum atomic E-state index is 6.00. The van der Waals surface area contributed by atoms with Crippen LogP contribution in [0.5, 0.6) is 0 Å². The first-order valence-electron chi connectivity index (χ1n) is 6.34. The Hall–Kier alpha value is -0.320. The first-order valence-corrected chi connectivity index (χ1v) is 7.51. The molecule has 0 saturated heterocycles. The predicted molar refractivity (Wildman–Crippen MR) is 80.0 cm³/mol. The average Bonchev–Trinajstić information content (AvgIpc) is 2.33. The summed E-state index contributed by atoms with van der Waals surface area (Å²) < 4.78 is 0.890. The summed E-state index contributed by atoms with van der Waals surface area (Å²) in [4.78, 5) is 4.34. The number of rotatable bonds is 3. The number of nitrogens with one attached hydrogen (secondary N) is 1. The van der Waals surface area contributed by atoms with Crippen LogP contribution in [0.2, 0.25) is 5.02 Å². The summed E-state index contributed by atoms with van der Waals surface area (Å²) in [7, 11) is 0. The maximum absolute atomic E-state index is 6.00. The number of anilines is 1. The molecule has 1 aliphatic rings. The maximum Gasteiger partial charge on any atom is 0.140 e. The van der Waals surface area contributed by atoms with Crippen LogP contribution in [-0.2, 0) is 0 Å². The molecule has 1 heterocycles. The van der Waals surface area contributed by atoms with E-state index < -0.39 is 0 Å². The summed E-state index contributed by atoms with van der Waals surface area (Å²) in [6, 6.07) is 1.85. The van der Waals surface area contributed by atoms with Crippen LogP contribution in [0.3, 0.4) is 0 Å². The predicted octanol–water partition coefficient (Wildman–Crippen LogP) is 3.82. The van der Waals surface area contributed by atoms with E-state index in [1.54, 1.807) is 6.20 Å². The molecule has 18 heavy (non-hydrogen) atoms. The number of hydrogen-bond donors (Lipinski definition) is 2. The molecule has 1 aliphatic carbocycles. The third-order valence-electron chi connectivity index (χ3n) is 3.67. The summed E-state index contributed by atoms with van der Waals surface area (Å²) >= 11 is 9.40. The molecule has 0 spiro atoms. The van der Waals surface area contributed by atoms with E-state index in [2.05, 4.69) is 33.2 Å². The summed E-state index contributed by atoms with van der Waals surface area (Å²) in [6.45, 7) is 2.92. The summed E-state index contributed by atoms with van der Waals surface area (Å²) in [5.41, 5.74) is 5.97. The van der Waals surface area contributed by atoms with Gasteiger partial charge in [-0.2, -0.15) is 0 Å². The molecule has 100 valence electrons. The molecule has 0 aliphatic heterocycles. The molecule has 0 amide bonds. The van der Waals surface area contributed by atoms with Crippen molar-refractivity contribution in [2.45, 2.75) is 38.1 Å². The first kappa shape index (κ1) is 14.1. The van der Waals surface area contributed by atoms with Crippen LogP contribution in [0.25, 0.3) is 0 Å². The highest BCUT2D eigenvalue weighted by molar-refractivity contribution is 9.10. The van der Waals surface area contributed by atoms with E-state index in [-0.39, 0.29) is 5.54 Å². The highest BCUT2D eigenvalue weighted by Gasteiger charge is 2.34. The van der Waals surface area contributed by atoms with Crippen LogP contribution < -0.4 is 11.1 Å². The Balaban J connectivity index is 2.19. The van der Waals surface area contributed by atoms with Crippen LogP contribution in [0.15, 0.2) is 16.7 Å². The minimum atomic E-state index is -0.0268. The van der Waals surface area contributed by atoms with Crippen molar-refractivity contribution in [1.82, 2.24) is 4.98 Å². The van der Waals surface area contributed by atoms with E-state index in [0.717, 1.165) is 23.1 Å². The van der Waals surface area contributed by atoms with Crippen LogP contribution >= 0.6 is 27.5 Å². The van der Waals surface area contributed by atoms with Gasteiger partial charge < -0.3 is 11.1 Å². The Morgan fingerprint density at radius 1 is 1.67 bits per heavy atom. The van der Waals surface area contributed by atoms with E-state index in [1.165, 1.54) is 12.8 Å². The lowest BCUT2D eigenvalue weighted by atomic mass is 9.76. The summed E-state index contributed by atoms with van der Waals surface area (Å²) in [5.74, 6) is 1.54. The lowest BCUT2D eigenvalue weighted by Gasteiger charge is -2.40. The van der Waals surface area contributed by atoms with Gasteiger partial charge >= 0.3 is 0 Å². The molecule has 2 rings (SSSR count). The molecule has 1 aromatic heterocycles. The van der Waals surface area contributed by atoms with Gasteiger partial charge in [-0.25, -0.2) is 4.98 Å². The molecule has 5 heteroatoms. The van der Waals surface area contributed by atoms with E-state index in [4.69, 9.17) is 17.3 Å². The molecule has 1 saturated carbocycles. The normalized spacial score (nSPS) is 28.1. The summed E-state index contributed by atoms with van der Waals surface area (Å²) in [6.07, 6.45) is 6.37. The minimum Gasteiger partial charge on any atom is -0.362 e. The van der Waals surface area contributed by atoms with Crippen LogP contribution in [-0.4, -0.2) is 17.1 Å². The first-order chi connectivity index (χ1) is 8.54. The van der Waals surface area contributed by atoms with Gasteiger partial charge in [-0.3, -0.25) is 0 Å². The van der Waals surface area contributed by atoms with Gasteiger partial charge in [-0.1, -0.05) is 31.4 Å². The van der Waals surface area contributed by atoms with Gasteiger partial charge in [-0.05, 0) is 40.8 Å². The number of nitrogens with zero attached hydrogens (tertiary/aromatic N) is 1. The van der Waals surface area contributed by atoms with Gasteiger partial charge in [0.1, 0.15) is 5.82 Å². The molecule has 0 radical (unpaired) electrons. The second kappa shape index (κ2) is 5.76.